The van der Waals surface area contributed by atoms with Crippen LogP contribution in [0.5, 0.6) is 0 Å². The van der Waals surface area contributed by atoms with E-state index in [1.54, 1.807) is 12.7 Å². The molecule has 1 nitrogen and oxygen atoms in total. The lowest BCUT2D eigenvalue weighted by Gasteiger charge is -2.14. The van der Waals surface area contributed by atoms with Gasteiger partial charge in [-0.2, -0.15) is 0 Å². The molecule has 0 radical (unpaired) electrons. The van der Waals surface area contributed by atoms with Crippen LogP contribution >= 0.6 is 15.9 Å². The minimum absolute atomic E-state index is 0.755. The van der Waals surface area contributed by atoms with Gasteiger partial charge in [0.15, 0.2) is 0 Å². The van der Waals surface area contributed by atoms with E-state index in [0.717, 1.165) is 18.4 Å². The molecule has 0 aromatic heterocycles. The lowest BCUT2D eigenvalue weighted by Crippen LogP contribution is -1.99. The van der Waals surface area contributed by atoms with Crippen LogP contribution in [-0.2, 0) is 4.74 Å². The van der Waals surface area contributed by atoms with Crippen LogP contribution in [0.25, 0.3) is 0 Å². The molecule has 0 amide bonds. The molecule has 0 rings (SSSR count). The summed E-state index contributed by atoms with van der Waals surface area (Å²) >= 11 is 3.49. The number of unbranched alkanes of at least 4 members (excludes halogenated alkanes) is 2. The van der Waals surface area contributed by atoms with Crippen molar-refractivity contribution >= 4 is 15.9 Å². The van der Waals surface area contributed by atoms with Crippen molar-refractivity contribution in [2.75, 3.05) is 19.0 Å². The normalized spacial score (nSPS) is 12.4. The third-order valence-corrected chi connectivity index (χ3v) is 3.73. The smallest absolute Gasteiger partial charge is 0.0673 e. The molecule has 106 valence electrons. The van der Waals surface area contributed by atoms with Crippen LogP contribution in [-0.4, -0.2) is 19.0 Å². The Bertz CT molecular complexity index is 256. The summed E-state index contributed by atoms with van der Waals surface area (Å²) in [6.07, 6.45) is 8.42. The Morgan fingerprint density at radius 3 is 2.44 bits per heavy atom. The standard InChI is InChI=1S/C16H29BrO/c1-5-6-9-14(2)12-16(10-7-8-11-17)15(3)13-18-4/h2,5-13H2,1,3-4H3/b16-15+. The molecule has 0 aliphatic heterocycles. The summed E-state index contributed by atoms with van der Waals surface area (Å²) in [5.74, 6) is 0. The van der Waals surface area contributed by atoms with Crippen molar-refractivity contribution in [1.29, 1.82) is 0 Å². The molecular weight excluding hydrogens is 288 g/mol. The van der Waals surface area contributed by atoms with E-state index >= 15 is 0 Å². The first-order chi connectivity index (χ1) is 8.65. The summed E-state index contributed by atoms with van der Waals surface area (Å²) in [5, 5.41) is 1.10. The average molecular weight is 317 g/mol. The average Bonchev–Trinajstić information content (AvgIpc) is 2.35. The lowest BCUT2D eigenvalue weighted by molar-refractivity contribution is 0.224. The van der Waals surface area contributed by atoms with Gasteiger partial charge in [-0.05, 0) is 51.0 Å². The predicted octanol–water partition coefficient (Wildman–Crippen LogP) is 5.65. The Kier molecular flexibility index (Phi) is 11.9. The van der Waals surface area contributed by atoms with Crippen molar-refractivity contribution in [3.63, 3.8) is 0 Å². The van der Waals surface area contributed by atoms with E-state index in [4.69, 9.17) is 4.74 Å². The zero-order chi connectivity index (χ0) is 13.8. The molecule has 0 heterocycles. The lowest BCUT2D eigenvalue weighted by atomic mass is 9.94. The zero-order valence-electron chi connectivity index (χ0n) is 12.4. The van der Waals surface area contributed by atoms with Gasteiger partial charge in [0.05, 0.1) is 6.61 Å². The summed E-state index contributed by atoms with van der Waals surface area (Å²) in [7, 11) is 1.77. The Balaban J connectivity index is 4.36. The van der Waals surface area contributed by atoms with Crippen molar-refractivity contribution < 1.29 is 4.74 Å². The Labute approximate surface area is 122 Å². The van der Waals surface area contributed by atoms with Gasteiger partial charge in [0.25, 0.3) is 0 Å². The molecule has 0 bridgehead atoms. The summed E-state index contributed by atoms with van der Waals surface area (Å²) in [4.78, 5) is 0. The summed E-state index contributed by atoms with van der Waals surface area (Å²) in [6, 6.07) is 0. The molecule has 0 aliphatic rings. The second-order valence-corrected chi connectivity index (χ2v) is 5.79. The van der Waals surface area contributed by atoms with Crippen molar-refractivity contribution in [2.45, 2.75) is 58.8 Å². The van der Waals surface area contributed by atoms with Gasteiger partial charge in [-0.3, -0.25) is 0 Å². The number of methoxy groups -OCH3 is 1. The molecule has 0 N–H and O–H groups in total. The molecule has 0 aromatic carbocycles. The molecule has 2 heteroatoms. The number of allylic oxidation sites excluding steroid dienone is 2. The first-order valence-corrected chi connectivity index (χ1v) is 8.16. The monoisotopic (exact) mass is 316 g/mol. The minimum atomic E-state index is 0.755. The van der Waals surface area contributed by atoms with Crippen molar-refractivity contribution in [1.82, 2.24) is 0 Å². The highest BCUT2D eigenvalue weighted by atomic mass is 79.9. The fourth-order valence-corrected chi connectivity index (χ4v) is 2.42. The number of ether oxygens (including phenoxy) is 1. The first kappa shape index (κ1) is 17.9. The molecule has 18 heavy (non-hydrogen) atoms. The number of hydrogen-bond donors (Lipinski definition) is 0. The van der Waals surface area contributed by atoms with E-state index in [2.05, 4.69) is 36.4 Å². The van der Waals surface area contributed by atoms with Crippen molar-refractivity contribution in [2.24, 2.45) is 0 Å². The fraction of sp³-hybridized carbons (Fsp3) is 0.750. The molecule has 0 saturated heterocycles. The van der Waals surface area contributed by atoms with Gasteiger partial charge in [-0.15, -0.1) is 0 Å². The van der Waals surface area contributed by atoms with Gasteiger partial charge in [0, 0.05) is 12.4 Å². The minimum Gasteiger partial charge on any atom is -0.380 e. The van der Waals surface area contributed by atoms with E-state index in [0.29, 0.717) is 0 Å². The number of rotatable bonds is 11. The molecule has 0 aliphatic carbocycles. The SMILES string of the molecule is C=C(CCCC)C/C(CCCCBr)=C(\C)COC. The van der Waals surface area contributed by atoms with Gasteiger partial charge in [0.1, 0.15) is 0 Å². The van der Waals surface area contributed by atoms with Crippen molar-refractivity contribution in [3.05, 3.63) is 23.3 Å². The van der Waals surface area contributed by atoms with Crippen molar-refractivity contribution in [3.8, 4) is 0 Å². The van der Waals surface area contributed by atoms with Gasteiger partial charge in [0.2, 0.25) is 0 Å². The van der Waals surface area contributed by atoms with Crippen LogP contribution in [0.4, 0.5) is 0 Å². The van der Waals surface area contributed by atoms with E-state index < -0.39 is 0 Å². The topological polar surface area (TPSA) is 9.23 Å². The van der Waals surface area contributed by atoms with Gasteiger partial charge in [-0.1, -0.05) is 47.0 Å². The molecule has 0 saturated carbocycles. The van der Waals surface area contributed by atoms with Gasteiger partial charge in [-0.25, -0.2) is 0 Å². The number of alkyl halides is 1. The van der Waals surface area contributed by atoms with E-state index in [1.807, 2.05) is 0 Å². The van der Waals surface area contributed by atoms with E-state index in [1.165, 1.54) is 49.7 Å². The third-order valence-electron chi connectivity index (χ3n) is 3.17. The van der Waals surface area contributed by atoms with Crippen LogP contribution < -0.4 is 0 Å². The maximum Gasteiger partial charge on any atom is 0.0673 e. The van der Waals surface area contributed by atoms with E-state index in [9.17, 15) is 0 Å². The maximum atomic E-state index is 5.26. The first-order valence-electron chi connectivity index (χ1n) is 7.04. The largest absolute Gasteiger partial charge is 0.380 e. The molecular formula is C16H29BrO. The predicted molar refractivity (Wildman–Crippen MR) is 85.5 cm³/mol. The summed E-state index contributed by atoms with van der Waals surface area (Å²) in [5.41, 5.74) is 4.31. The van der Waals surface area contributed by atoms with Crippen LogP contribution in [0, 0.1) is 0 Å². The molecule has 0 atom stereocenters. The van der Waals surface area contributed by atoms with Crippen LogP contribution in [0.3, 0.4) is 0 Å². The molecule has 0 spiro atoms. The van der Waals surface area contributed by atoms with E-state index in [-0.39, 0.29) is 0 Å². The zero-order valence-corrected chi connectivity index (χ0v) is 13.9. The molecule has 0 aromatic rings. The number of hydrogen-bond acceptors (Lipinski definition) is 1. The van der Waals surface area contributed by atoms with Crippen LogP contribution in [0.2, 0.25) is 0 Å². The van der Waals surface area contributed by atoms with Gasteiger partial charge >= 0.3 is 0 Å². The quantitative estimate of drug-likeness (QED) is 0.272. The summed E-state index contributed by atoms with van der Waals surface area (Å²) in [6.45, 7) is 9.40. The Morgan fingerprint density at radius 1 is 1.17 bits per heavy atom. The van der Waals surface area contributed by atoms with Gasteiger partial charge < -0.3 is 4.74 Å². The maximum absolute atomic E-state index is 5.26. The van der Waals surface area contributed by atoms with Crippen LogP contribution in [0.1, 0.15) is 58.8 Å². The summed E-state index contributed by atoms with van der Waals surface area (Å²) < 4.78 is 5.26. The number of halogens is 1. The Morgan fingerprint density at radius 2 is 1.89 bits per heavy atom. The highest BCUT2D eigenvalue weighted by Crippen LogP contribution is 2.23. The Hall–Kier alpha value is -0.0800. The molecule has 0 fully saturated rings. The third kappa shape index (κ3) is 8.93. The van der Waals surface area contributed by atoms with Crippen LogP contribution in [0.15, 0.2) is 23.3 Å². The highest BCUT2D eigenvalue weighted by molar-refractivity contribution is 9.09. The molecule has 0 unspecified atom stereocenters. The second kappa shape index (κ2) is 12.0. The second-order valence-electron chi connectivity index (χ2n) is 4.99. The highest BCUT2D eigenvalue weighted by Gasteiger charge is 2.05. The fourth-order valence-electron chi connectivity index (χ4n) is 2.02.